The summed E-state index contributed by atoms with van der Waals surface area (Å²) >= 11 is 3.28. The van der Waals surface area contributed by atoms with Crippen molar-refractivity contribution < 1.29 is 10.0 Å². The molecule has 0 aliphatic carbocycles. The Labute approximate surface area is 260 Å². The quantitative estimate of drug-likeness (QED) is 0.195. The van der Waals surface area contributed by atoms with Crippen molar-refractivity contribution in [2.75, 3.05) is 0 Å². The van der Waals surface area contributed by atoms with Gasteiger partial charge in [-0.15, -0.1) is 6.58 Å². The van der Waals surface area contributed by atoms with Gasteiger partial charge in [-0.3, -0.25) is 19.1 Å². The molecule has 2 aromatic carbocycles. The minimum absolute atomic E-state index is 0.106. The van der Waals surface area contributed by atoms with Crippen LogP contribution in [-0.4, -0.2) is 56.2 Å². The van der Waals surface area contributed by atoms with Crippen molar-refractivity contribution >= 4 is 51.7 Å². The number of H-pyrrole nitrogens is 2. The number of aromatic amines is 2. The summed E-state index contributed by atoms with van der Waals surface area (Å²) in [5.74, 6) is 1.03. The van der Waals surface area contributed by atoms with Gasteiger partial charge in [0, 0.05) is 0 Å². The van der Waals surface area contributed by atoms with Crippen molar-refractivity contribution in [2.45, 2.75) is 25.9 Å². The molecule has 0 amide bonds. The van der Waals surface area contributed by atoms with Crippen molar-refractivity contribution in [3.05, 3.63) is 135 Å². The normalized spacial score (nSPS) is 11.9. The van der Waals surface area contributed by atoms with Gasteiger partial charge in [-0.1, -0.05) is 73.2 Å². The Morgan fingerprint density at radius 3 is 1.66 bits per heavy atom. The third-order valence-corrected chi connectivity index (χ3v) is 6.98. The molecular formula is C30H30BBrN8O4. The summed E-state index contributed by atoms with van der Waals surface area (Å²) in [5, 5.41) is 15.6. The van der Waals surface area contributed by atoms with Crippen molar-refractivity contribution in [2.24, 2.45) is 0 Å². The minimum atomic E-state index is -1.35. The second-order valence-electron chi connectivity index (χ2n) is 9.46. The van der Waals surface area contributed by atoms with Crippen molar-refractivity contribution in [3.63, 3.8) is 0 Å². The second-order valence-corrected chi connectivity index (χ2v) is 10.3. The maximum atomic E-state index is 12.2. The predicted octanol–water partition coefficient (Wildman–Crippen LogP) is 4.05. The van der Waals surface area contributed by atoms with Crippen LogP contribution in [0.2, 0.25) is 0 Å². The largest absolute Gasteiger partial charge is 0.480 e. The molecule has 12 nitrogen and oxygen atoms in total. The van der Waals surface area contributed by atoms with E-state index in [0.29, 0.717) is 32.9 Å². The lowest BCUT2D eigenvalue weighted by Crippen LogP contribution is -2.21. The van der Waals surface area contributed by atoms with E-state index in [9.17, 15) is 9.59 Å². The standard InChI is InChI=1S/C15H14N4O.C13H11BrN4O.C2H5BO2/c1-3-12-9-16-13-14(17-12)19(15(20)18-13)10(2)11-7-5-4-6-8-11;1-8(9-5-3-2-4-6-9)18-12-11(17-13(18)19)15-7-10(14)16-12;1-2-3(4)5/h3-10H,1H2,2H3,(H,16,18,20);2-8H,1H3,(H,15,17,19);2,4-5H,1H2/t10-;8-;/m00./s1. The zero-order chi connectivity index (χ0) is 31.8. The SMILES string of the molecule is C=CB(O)O.C=Cc1cnc2[nH]c(=O)n([C@@H](C)c3ccccc3)c2n1.C[C@@H](c1ccccc1)n1c(=O)[nH]c2ncc(Br)nc21. The van der Waals surface area contributed by atoms with Gasteiger partial charge in [0.15, 0.2) is 22.6 Å². The number of benzene rings is 2. The lowest BCUT2D eigenvalue weighted by atomic mass is 9.94. The molecule has 6 aromatic rings. The van der Waals surface area contributed by atoms with Crippen LogP contribution in [0.4, 0.5) is 0 Å². The van der Waals surface area contributed by atoms with Gasteiger partial charge in [0.1, 0.15) is 4.60 Å². The Balaban J connectivity index is 0.000000175. The lowest BCUT2D eigenvalue weighted by Gasteiger charge is -2.13. The molecule has 2 atom stereocenters. The van der Waals surface area contributed by atoms with E-state index in [0.717, 1.165) is 17.1 Å². The van der Waals surface area contributed by atoms with Crippen LogP contribution >= 0.6 is 15.9 Å². The Morgan fingerprint density at radius 2 is 1.23 bits per heavy atom. The van der Waals surface area contributed by atoms with Gasteiger partial charge >= 0.3 is 18.5 Å². The van der Waals surface area contributed by atoms with E-state index in [2.05, 4.69) is 59.0 Å². The molecule has 4 aromatic heterocycles. The smallest absolute Gasteiger partial charge is 0.424 e. The molecule has 0 saturated carbocycles. The highest BCUT2D eigenvalue weighted by molar-refractivity contribution is 9.10. The summed E-state index contributed by atoms with van der Waals surface area (Å²) in [6.45, 7) is 10.7. The molecule has 224 valence electrons. The van der Waals surface area contributed by atoms with E-state index in [-0.39, 0.29) is 23.5 Å². The molecule has 4 heterocycles. The van der Waals surface area contributed by atoms with E-state index in [1.807, 2.05) is 74.5 Å². The summed E-state index contributed by atoms with van der Waals surface area (Å²) in [7, 11) is -1.35. The van der Waals surface area contributed by atoms with Crippen LogP contribution in [0, 0.1) is 0 Å². The third kappa shape index (κ3) is 7.34. The molecule has 0 bridgehead atoms. The number of aromatic nitrogens is 8. The van der Waals surface area contributed by atoms with Gasteiger partial charge in [-0.25, -0.2) is 29.5 Å². The molecule has 44 heavy (non-hydrogen) atoms. The topological polar surface area (TPSA) is 168 Å². The number of nitrogens with zero attached hydrogens (tertiary/aromatic N) is 6. The lowest BCUT2D eigenvalue weighted by molar-refractivity contribution is 0.424. The Kier molecular flexibility index (Phi) is 10.6. The molecule has 0 spiro atoms. The van der Waals surface area contributed by atoms with Crippen LogP contribution in [0.3, 0.4) is 0 Å². The maximum absolute atomic E-state index is 12.2. The number of imidazole rings is 2. The zero-order valence-electron chi connectivity index (χ0n) is 24.0. The summed E-state index contributed by atoms with van der Waals surface area (Å²) in [6, 6.07) is 19.4. The second kappa shape index (κ2) is 14.5. The van der Waals surface area contributed by atoms with Crippen LogP contribution in [0.15, 0.2) is 106 Å². The first-order valence-corrected chi connectivity index (χ1v) is 14.2. The van der Waals surface area contributed by atoms with Gasteiger partial charge in [-0.05, 0) is 47.0 Å². The molecule has 0 radical (unpaired) electrons. The van der Waals surface area contributed by atoms with Crippen LogP contribution in [0.25, 0.3) is 28.7 Å². The van der Waals surface area contributed by atoms with Crippen molar-refractivity contribution in [1.82, 2.24) is 39.0 Å². The van der Waals surface area contributed by atoms with E-state index in [1.165, 1.54) is 0 Å². The van der Waals surface area contributed by atoms with Gasteiger partial charge in [0.05, 0.1) is 30.2 Å². The molecule has 0 aliphatic heterocycles. The monoisotopic (exact) mass is 656 g/mol. The molecule has 6 rings (SSSR count). The number of fused-ring (bicyclic) bond motifs is 2. The maximum Gasteiger partial charge on any atom is 0.480 e. The highest BCUT2D eigenvalue weighted by Gasteiger charge is 2.18. The predicted molar refractivity (Wildman–Crippen MR) is 175 cm³/mol. The van der Waals surface area contributed by atoms with Gasteiger partial charge in [0.2, 0.25) is 0 Å². The van der Waals surface area contributed by atoms with E-state index >= 15 is 0 Å². The Morgan fingerprint density at radius 1 is 0.795 bits per heavy atom. The zero-order valence-corrected chi connectivity index (χ0v) is 25.6. The van der Waals surface area contributed by atoms with Crippen LogP contribution in [0.1, 0.15) is 42.8 Å². The average molecular weight is 657 g/mol. The van der Waals surface area contributed by atoms with Crippen LogP contribution in [0.5, 0.6) is 0 Å². The minimum Gasteiger partial charge on any atom is -0.424 e. The summed E-state index contributed by atoms with van der Waals surface area (Å²) in [5.41, 5.74) is 4.40. The fourth-order valence-electron chi connectivity index (χ4n) is 4.36. The fourth-order valence-corrected chi connectivity index (χ4v) is 4.63. The van der Waals surface area contributed by atoms with Crippen LogP contribution in [-0.2, 0) is 0 Å². The van der Waals surface area contributed by atoms with Gasteiger partial charge in [-0.2, -0.15) is 0 Å². The molecule has 0 unspecified atom stereocenters. The van der Waals surface area contributed by atoms with E-state index < -0.39 is 7.12 Å². The van der Waals surface area contributed by atoms with Crippen LogP contribution < -0.4 is 11.4 Å². The van der Waals surface area contributed by atoms with Crippen molar-refractivity contribution in [3.8, 4) is 0 Å². The number of hydrogen-bond donors (Lipinski definition) is 4. The van der Waals surface area contributed by atoms with Gasteiger partial charge in [0.25, 0.3) is 0 Å². The first-order valence-electron chi connectivity index (χ1n) is 13.5. The number of hydrogen-bond acceptors (Lipinski definition) is 8. The number of halogens is 1. The fraction of sp³-hybridized carbons (Fsp3) is 0.133. The molecule has 0 aliphatic rings. The van der Waals surface area contributed by atoms with E-state index in [1.54, 1.807) is 27.6 Å². The highest BCUT2D eigenvalue weighted by Crippen LogP contribution is 2.21. The third-order valence-electron chi connectivity index (χ3n) is 6.60. The summed E-state index contributed by atoms with van der Waals surface area (Å²) < 4.78 is 3.83. The first-order chi connectivity index (χ1) is 21.1. The number of nitrogens with one attached hydrogen (secondary N) is 2. The molecule has 14 heteroatoms. The molecule has 4 N–H and O–H groups in total. The van der Waals surface area contributed by atoms with Crippen molar-refractivity contribution in [1.29, 1.82) is 0 Å². The molecule has 0 fully saturated rings. The number of rotatable bonds is 6. The van der Waals surface area contributed by atoms with Gasteiger partial charge < -0.3 is 10.0 Å². The first kappa shape index (κ1) is 32.0. The Hall–Kier alpha value is -4.92. The molecule has 0 saturated heterocycles. The summed E-state index contributed by atoms with van der Waals surface area (Å²) in [6.07, 6.45) is 4.76. The van der Waals surface area contributed by atoms with E-state index in [4.69, 9.17) is 10.0 Å². The molecular weight excluding hydrogens is 627 g/mol. The highest BCUT2D eigenvalue weighted by atomic mass is 79.9. The Bertz CT molecular complexity index is 1990. The summed E-state index contributed by atoms with van der Waals surface area (Å²) in [4.78, 5) is 46.8. The average Bonchev–Trinajstić information content (AvgIpc) is 3.55.